The van der Waals surface area contributed by atoms with Crippen LogP contribution >= 0.6 is 0 Å². The highest BCUT2D eigenvalue weighted by Gasteiger charge is 2.18. The predicted octanol–water partition coefficient (Wildman–Crippen LogP) is 2.95. The van der Waals surface area contributed by atoms with Gasteiger partial charge >= 0.3 is 0 Å². The third kappa shape index (κ3) is 3.91. The van der Waals surface area contributed by atoms with E-state index in [-0.39, 0.29) is 5.91 Å². The van der Waals surface area contributed by atoms with Gasteiger partial charge in [-0.3, -0.25) is 4.79 Å². The first kappa shape index (κ1) is 16.4. The first-order valence-corrected chi connectivity index (χ1v) is 8.53. The molecule has 0 atom stereocenters. The first-order chi connectivity index (χ1) is 11.6. The van der Waals surface area contributed by atoms with Gasteiger partial charge in [-0.25, -0.2) is 9.97 Å². The molecular formula is C19H24N4O. The average Bonchev–Trinajstić information content (AvgIpc) is 2.62. The fourth-order valence-corrected chi connectivity index (χ4v) is 2.90. The molecule has 1 N–H and O–H groups in total. The number of aryl methyl sites for hydroxylation is 1. The van der Waals surface area contributed by atoms with Gasteiger partial charge in [0.25, 0.3) is 5.91 Å². The Labute approximate surface area is 143 Å². The van der Waals surface area contributed by atoms with E-state index in [2.05, 4.69) is 27.1 Å². The van der Waals surface area contributed by atoms with E-state index in [0.717, 1.165) is 30.5 Å². The van der Waals surface area contributed by atoms with Crippen molar-refractivity contribution in [3.05, 3.63) is 53.3 Å². The molecule has 1 aliphatic rings. The fourth-order valence-electron chi connectivity index (χ4n) is 2.90. The van der Waals surface area contributed by atoms with E-state index >= 15 is 0 Å². The van der Waals surface area contributed by atoms with Gasteiger partial charge in [-0.2, -0.15) is 0 Å². The Hall–Kier alpha value is -2.43. The van der Waals surface area contributed by atoms with E-state index in [1.165, 1.54) is 18.4 Å². The minimum atomic E-state index is -0.142. The molecule has 1 fully saturated rings. The Bertz CT molecular complexity index is 691. The molecule has 1 amide bonds. The summed E-state index contributed by atoms with van der Waals surface area (Å²) in [5.41, 5.74) is 2.78. The molecule has 2 aromatic rings. The molecule has 3 rings (SSSR count). The number of carbonyl (C=O) groups excluding carboxylic acids is 1. The van der Waals surface area contributed by atoms with Gasteiger partial charge in [0.2, 0.25) is 5.95 Å². The number of rotatable bonds is 4. The van der Waals surface area contributed by atoms with E-state index in [1.807, 2.05) is 31.2 Å². The van der Waals surface area contributed by atoms with Gasteiger partial charge in [0.15, 0.2) is 0 Å². The molecule has 5 nitrogen and oxygen atoms in total. The number of aromatic nitrogens is 2. The quantitative estimate of drug-likeness (QED) is 0.939. The second-order valence-corrected chi connectivity index (χ2v) is 6.55. The van der Waals surface area contributed by atoms with Gasteiger partial charge < -0.3 is 10.2 Å². The maximum atomic E-state index is 12.3. The summed E-state index contributed by atoms with van der Waals surface area (Å²) in [4.78, 5) is 23.2. The van der Waals surface area contributed by atoms with Crippen molar-refractivity contribution in [2.75, 3.05) is 18.0 Å². The Morgan fingerprint density at radius 3 is 2.54 bits per heavy atom. The molecule has 0 bridgehead atoms. The summed E-state index contributed by atoms with van der Waals surface area (Å²) in [5, 5.41) is 2.93. The normalized spacial score (nSPS) is 15.3. The molecule has 0 saturated carbocycles. The topological polar surface area (TPSA) is 58.1 Å². The van der Waals surface area contributed by atoms with Gasteiger partial charge in [-0.15, -0.1) is 0 Å². The van der Waals surface area contributed by atoms with Gasteiger partial charge in [-0.1, -0.05) is 31.2 Å². The van der Waals surface area contributed by atoms with Crippen molar-refractivity contribution >= 4 is 11.9 Å². The summed E-state index contributed by atoms with van der Waals surface area (Å²) in [7, 11) is 0. The lowest BCUT2D eigenvalue weighted by atomic mass is 10.00. The summed E-state index contributed by atoms with van der Waals surface area (Å²) in [5.74, 6) is 1.35. The molecule has 126 valence electrons. The highest BCUT2D eigenvalue weighted by molar-refractivity contribution is 5.93. The number of amides is 1. The molecule has 1 saturated heterocycles. The van der Waals surface area contributed by atoms with Crippen LogP contribution in [0.5, 0.6) is 0 Å². The van der Waals surface area contributed by atoms with Crippen molar-refractivity contribution in [1.82, 2.24) is 15.3 Å². The second kappa shape index (κ2) is 7.43. The van der Waals surface area contributed by atoms with E-state index in [1.54, 1.807) is 12.4 Å². The maximum Gasteiger partial charge on any atom is 0.254 e. The summed E-state index contributed by atoms with van der Waals surface area (Å²) >= 11 is 0. The third-order valence-electron chi connectivity index (χ3n) is 4.67. The van der Waals surface area contributed by atoms with Crippen molar-refractivity contribution in [2.45, 2.75) is 33.2 Å². The smallest absolute Gasteiger partial charge is 0.254 e. The van der Waals surface area contributed by atoms with E-state index in [0.29, 0.717) is 12.1 Å². The molecule has 2 heterocycles. The number of nitrogens with one attached hydrogen (secondary N) is 1. The Balaban J connectivity index is 1.59. The van der Waals surface area contributed by atoms with Crippen molar-refractivity contribution in [1.29, 1.82) is 0 Å². The minimum Gasteiger partial charge on any atom is -0.348 e. The molecule has 1 aromatic heterocycles. The van der Waals surface area contributed by atoms with Crippen LogP contribution in [0.2, 0.25) is 0 Å². The second-order valence-electron chi connectivity index (χ2n) is 6.55. The van der Waals surface area contributed by atoms with Crippen LogP contribution in [0.15, 0.2) is 36.7 Å². The van der Waals surface area contributed by atoms with Gasteiger partial charge in [0.1, 0.15) is 0 Å². The van der Waals surface area contributed by atoms with Crippen LogP contribution in [-0.4, -0.2) is 29.0 Å². The van der Waals surface area contributed by atoms with Crippen molar-refractivity contribution in [2.24, 2.45) is 5.92 Å². The van der Waals surface area contributed by atoms with Crippen LogP contribution in [-0.2, 0) is 6.54 Å². The zero-order valence-electron chi connectivity index (χ0n) is 14.3. The highest BCUT2D eigenvalue weighted by Crippen LogP contribution is 2.19. The molecule has 0 aliphatic carbocycles. The molecule has 0 radical (unpaired) electrons. The average molecular weight is 324 g/mol. The zero-order valence-corrected chi connectivity index (χ0v) is 14.3. The molecule has 24 heavy (non-hydrogen) atoms. The molecule has 1 aromatic carbocycles. The summed E-state index contributed by atoms with van der Waals surface area (Å²) < 4.78 is 0. The van der Waals surface area contributed by atoms with Crippen LogP contribution < -0.4 is 10.2 Å². The maximum absolute atomic E-state index is 12.3. The standard InChI is InChI=1S/C19H24N4O/c1-14-7-9-23(10-8-14)19-21-12-17(13-22-19)18(24)20-11-16-6-4-3-5-15(16)2/h3-6,12-14H,7-11H2,1-2H3,(H,20,24). The Morgan fingerprint density at radius 2 is 1.88 bits per heavy atom. The zero-order chi connectivity index (χ0) is 16.9. The van der Waals surface area contributed by atoms with Crippen LogP contribution in [0.1, 0.15) is 41.3 Å². The largest absolute Gasteiger partial charge is 0.348 e. The van der Waals surface area contributed by atoms with E-state index in [9.17, 15) is 4.79 Å². The summed E-state index contributed by atoms with van der Waals surface area (Å²) in [6.45, 7) is 6.80. The first-order valence-electron chi connectivity index (χ1n) is 8.53. The number of piperidine rings is 1. The van der Waals surface area contributed by atoms with E-state index < -0.39 is 0 Å². The number of benzene rings is 1. The van der Waals surface area contributed by atoms with Crippen LogP contribution in [0.3, 0.4) is 0 Å². The third-order valence-corrected chi connectivity index (χ3v) is 4.67. The summed E-state index contributed by atoms with van der Waals surface area (Å²) in [6.07, 6.45) is 5.57. The predicted molar refractivity (Wildman–Crippen MR) is 95.0 cm³/mol. The van der Waals surface area contributed by atoms with Crippen LogP contribution in [0, 0.1) is 12.8 Å². The summed E-state index contributed by atoms with van der Waals surface area (Å²) in [6, 6.07) is 8.03. The van der Waals surface area contributed by atoms with Crippen molar-refractivity contribution in [3.63, 3.8) is 0 Å². The lowest BCUT2D eigenvalue weighted by Crippen LogP contribution is -2.34. The van der Waals surface area contributed by atoms with E-state index in [4.69, 9.17) is 0 Å². The molecule has 0 unspecified atom stereocenters. The SMILES string of the molecule is Cc1ccccc1CNC(=O)c1cnc(N2CCC(C)CC2)nc1. The fraction of sp³-hybridized carbons (Fsp3) is 0.421. The molecule has 5 heteroatoms. The minimum absolute atomic E-state index is 0.142. The van der Waals surface area contributed by atoms with Gasteiger partial charge in [0.05, 0.1) is 5.56 Å². The van der Waals surface area contributed by atoms with Gasteiger partial charge in [-0.05, 0) is 36.8 Å². The van der Waals surface area contributed by atoms with Crippen molar-refractivity contribution in [3.8, 4) is 0 Å². The Morgan fingerprint density at radius 1 is 1.21 bits per heavy atom. The number of hydrogen-bond acceptors (Lipinski definition) is 4. The number of nitrogens with zero attached hydrogens (tertiary/aromatic N) is 3. The van der Waals surface area contributed by atoms with Gasteiger partial charge in [0, 0.05) is 32.0 Å². The van der Waals surface area contributed by atoms with Crippen molar-refractivity contribution < 1.29 is 4.79 Å². The number of anilines is 1. The highest BCUT2D eigenvalue weighted by atomic mass is 16.1. The van der Waals surface area contributed by atoms with Crippen LogP contribution in [0.25, 0.3) is 0 Å². The number of hydrogen-bond donors (Lipinski definition) is 1. The molecule has 1 aliphatic heterocycles. The number of carbonyl (C=O) groups is 1. The van der Waals surface area contributed by atoms with Crippen LogP contribution in [0.4, 0.5) is 5.95 Å². The lowest BCUT2D eigenvalue weighted by Gasteiger charge is -2.30. The lowest BCUT2D eigenvalue weighted by molar-refractivity contribution is 0.0950. The molecular weight excluding hydrogens is 300 g/mol. The Kier molecular flexibility index (Phi) is 5.08. The monoisotopic (exact) mass is 324 g/mol. The molecule has 0 spiro atoms.